The van der Waals surface area contributed by atoms with Gasteiger partial charge >= 0.3 is 0 Å². The fraction of sp³-hybridized carbons (Fsp3) is 0.632. The molecule has 1 atom stereocenters. The summed E-state index contributed by atoms with van der Waals surface area (Å²) in [6, 6.07) is 10.8. The summed E-state index contributed by atoms with van der Waals surface area (Å²) >= 11 is 0. The Kier molecular flexibility index (Phi) is 11.4. The molecule has 2 rings (SSSR count). The molecule has 144 valence electrons. The van der Waals surface area contributed by atoms with Crippen molar-refractivity contribution in [3.05, 3.63) is 35.9 Å². The Morgan fingerprint density at radius 1 is 1.16 bits per heavy atom. The first-order chi connectivity index (χ1) is 11.2. The molecule has 4 nitrogen and oxygen atoms in total. The molecule has 1 aromatic carbocycles. The Morgan fingerprint density at radius 3 is 2.20 bits per heavy atom. The summed E-state index contributed by atoms with van der Waals surface area (Å²) in [7, 11) is 0. The second-order valence-corrected chi connectivity index (χ2v) is 6.57. The van der Waals surface area contributed by atoms with Crippen LogP contribution in [0.15, 0.2) is 30.3 Å². The topological polar surface area (TPSA) is 58.4 Å². The Balaban J connectivity index is 0.00000288. The molecule has 0 aliphatic carbocycles. The maximum Gasteiger partial charge on any atom is 0.227 e. The standard InChI is InChI=1S/C19H31N3O.2ClH/c1-3-19(4-2,15-20)18(23)21-14-17(22-12-8-9-13-22)16-10-6-5-7-11-16;;/h5-7,10-11,17H,3-4,8-9,12-15,20H2,1-2H3,(H,21,23);2*1H. The number of nitrogens with zero attached hydrogens (tertiary/aromatic N) is 1. The zero-order valence-corrected chi connectivity index (χ0v) is 17.0. The molecule has 1 aromatic rings. The molecule has 25 heavy (non-hydrogen) atoms. The summed E-state index contributed by atoms with van der Waals surface area (Å²) in [6.45, 7) is 7.38. The first-order valence-corrected chi connectivity index (χ1v) is 8.94. The number of nitrogens with one attached hydrogen (secondary N) is 1. The van der Waals surface area contributed by atoms with Gasteiger partial charge in [0.2, 0.25) is 5.91 Å². The van der Waals surface area contributed by atoms with Crippen molar-refractivity contribution < 1.29 is 4.79 Å². The van der Waals surface area contributed by atoms with Gasteiger partial charge in [-0.3, -0.25) is 9.69 Å². The molecule has 1 amide bonds. The van der Waals surface area contributed by atoms with E-state index >= 15 is 0 Å². The molecule has 1 aliphatic heterocycles. The van der Waals surface area contributed by atoms with Crippen LogP contribution in [0.4, 0.5) is 0 Å². The van der Waals surface area contributed by atoms with Gasteiger partial charge in [0.25, 0.3) is 0 Å². The number of amides is 1. The predicted octanol–water partition coefficient (Wildman–Crippen LogP) is 3.55. The summed E-state index contributed by atoms with van der Waals surface area (Å²) in [5.41, 5.74) is 6.75. The van der Waals surface area contributed by atoms with Crippen molar-refractivity contribution in [3.63, 3.8) is 0 Å². The number of rotatable bonds is 8. The number of carbonyl (C=O) groups excluding carboxylic acids is 1. The van der Waals surface area contributed by atoms with Gasteiger partial charge in [0, 0.05) is 13.1 Å². The number of halogens is 2. The fourth-order valence-electron chi connectivity index (χ4n) is 3.52. The Morgan fingerprint density at radius 2 is 1.72 bits per heavy atom. The molecule has 1 fully saturated rings. The second-order valence-electron chi connectivity index (χ2n) is 6.57. The smallest absolute Gasteiger partial charge is 0.227 e. The third-order valence-corrected chi connectivity index (χ3v) is 5.45. The van der Waals surface area contributed by atoms with Crippen LogP contribution in [0.25, 0.3) is 0 Å². The monoisotopic (exact) mass is 389 g/mol. The third-order valence-electron chi connectivity index (χ3n) is 5.45. The number of likely N-dealkylation sites (tertiary alicyclic amines) is 1. The lowest BCUT2D eigenvalue weighted by molar-refractivity contribution is -0.131. The molecular formula is C19H33Cl2N3O. The summed E-state index contributed by atoms with van der Waals surface area (Å²) in [6.07, 6.45) is 4.05. The summed E-state index contributed by atoms with van der Waals surface area (Å²) < 4.78 is 0. The normalized spacial score (nSPS) is 15.8. The van der Waals surface area contributed by atoms with Crippen LogP contribution < -0.4 is 11.1 Å². The minimum atomic E-state index is -0.424. The zero-order chi connectivity index (χ0) is 16.7. The minimum absolute atomic E-state index is 0. The van der Waals surface area contributed by atoms with Gasteiger partial charge in [-0.05, 0) is 44.3 Å². The highest BCUT2D eigenvalue weighted by molar-refractivity contribution is 5.85. The molecular weight excluding hydrogens is 357 g/mol. The lowest BCUT2D eigenvalue weighted by Gasteiger charge is -2.32. The summed E-state index contributed by atoms with van der Waals surface area (Å²) in [4.78, 5) is 15.2. The number of carbonyl (C=O) groups is 1. The molecule has 1 heterocycles. The van der Waals surface area contributed by atoms with Crippen LogP contribution in [0.3, 0.4) is 0 Å². The van der Waals surface area contributed by atoms with Gasteiger partial charge in [0.15, 0.2) is 0 Å². The van der Waals surface area contributed by atoms with E-state index in [0.29, 0.717) is 13.1 Å². The van der Waals surface area contributed by atoms with Crippen molar-refractivity contribution in [2.45, 2.75) is 45.6 Å². The lowest BCUT2D eigenvalue weighted by Crippen LogP contribution is -2.47. The fourth-order valence-corrected chi connectivity index (χ4v) is 3.52. The molecule has 0 spiro atoms. The molecule has 0 aromatic heterocycles. The molecule has 0 radical (unpaired) electrons. The number of benzene rings is 1. The van der Waals surface area contributed by atoms with Crippen molar-refractivity contribution >= 4 is 30.7 Å². The van der Waals surface area contributed by atoms with Crippen LogP contribution in [-0.4, -0.2) is 37.0 Å². The number of nitrogens with two attached hydrogens (primary N) is 1. The molecule has 1 unspecified atom stereocenters. The van der Waals surface area contributed by atoms with Crippen molar-refractivity contribution in [3.8, 4) is 0 Å². The largest absolute Gasteiger partial charge is 0.354 e. The Bertz CT molecular complexity index is 480. The quantitative estimate of drug-likeness (QED) is 0.714. The van der Waals surface area contributed by atoms with E-state index in [2.05, 4.69) is 34.5 Å². The second kappa shape index (κ2) is 11.7. The van der Waals surface area contributed by atoms with E-state index in [1.807, 2.05) is 19.9 Å². The highest BCUT2D eigenvalue weighted by Gasteiger charge is 2.34. The van der Waals surface area contributed by atoms with Crippen LogP contribution in [-0.2, 0) is 4.79 Å². The molecule has 3 N–H and O–H groups in total. The van der Waals surface area contributed by atoms with Crippen LogP contribution in [0, 0.1) is 5.41 Å². The molecule has 1 aliphatic rings. The number of hydrogen-bond acceptors (Lipinski definition) is 3. The molecule has 0 saturated carbocycles. The molecule has 6 heteroatoms. The van der Waals surface area contributed by atoms with E-state index in [9.17, 15) is 4.79 Å². The van der Waals surface area contributed by atoms with Crippen molar-refractivity contribution in [2.24, 2.45) is 11.1 Å². The van der Waals surface area contributed by atoms with E-state index < -0.39 is 5.41 Å². The van der Waals surface area contributed by atoms with Gasteiger partial charge < -0.3 is 11.1 Å². The first kappa shape index (κ1) is 24.2. The highest BCUT2D eigenvalue weighted by Crippen LogP contribution is 2.27. The van der Waals surface area contributed by atoms with Gasteiger partial charge in [-0.2, -0.15) is 0 Å². The van der Waals surface area contributed by atoms with E-state index in [1.54, 1.807) is 0 Å². The van der Waals surface area contributed by atoms with Crippen molar-refractivity contribution in [2.75, 3.05) is 26.2 Å². The van der Waals surface area contributed by atoms with Crippen LogP contribution in [0.5, 0.6) is 0 Å². The van der Waals surface area contributed by atoms with Gasteiger partial charge in [0.05, 0.1) is 11.5 Å². The van der Waals surface area contributed by atoms with Gasteiger partial charge in [0.1, 0.15) is 0 Å². The maximum atomic E-state index is 12.7. The highest BCUT2D eigenvalue weighted by atomic mass is 35.5. The van der Waals surface area contributed by atoms with E-state index in [-0.39, 0.29) is 36.8 Å². The molecule has 1 saturated heterocycles. The third kappa shape index (κ3) is 5.85. The summed E-state index contributed by atoms with van der Waals surface area (Å²) in [5.74, 6) is 0.102. The Hall–Kier alpha value is -0.810. The Labute approximate surface area is 164 Å². The maximum absolute atomic E-state index is 12.7. The average molecular weight is 390 g/mol. The van der Waals surface area contributed by atoms with Gasteiger partial charge in [-0.15, -0.1) is 24.8 Å². The van der Waals surface area contributed by atoms with E-state index in [4.69, 9.17) is 5.73 Å². The number of hydrogen-bond donors (Lipinski definition) is 2. The molecule has 0 bridgehead atoms. The van der Waals surface area contributed by atoms with E-state index in [1.165, 1.54) is 18.4 Å². The van der Waals surface area contributed by atoms with E-state index in [0.717, 1.165) is 25.9 Å². The SMILES string of the molecule is CCC(CC)(CN)C(=O)NCC(c1ccccc1)N1CCCC1.Cl.Cl. The average Bonchev–Trinajstić information content (AvgIpc) is 3.12. The zero-order valence-electron chi connectivity index (χ0n) is 15.4. The predicted molar refractivity (Wildman–Crippen MR) is 110 cm³/mol. The summed E-state index contributed by atoms with van der Waals surface area (Å²) in [5, 5.41) is 3.19. The lowest BCUT2D eigenvalue weighted by atomic mass is 9.81. The van der Waals surface area contributed by atoms with Crippen molar-refractivity contribution in [1.82, 2.24) is 10.2 Å². The first-order valence-electron chi connectivity index (χ1n) is 8.94. The van der Waals surface area contributed by atoms with Crippen LogP contribution >= 0.6 is 24.8 Å². The van der Waals surface area contributed by atoms with Gasteiger partial charge in [-0.1, -0.05) is 44.2 Å². The van der Waals surface area contributed by atoms with Crippen LogP contribution in [0.2, 0.25) is 0 Å². The van der Waals surface area contributed by atoms with Gasteiger partial charge in [-0.25, -0.2) is 0 Å². The van der Waals surface area contributed by atoms with Crippen molar-refractivity contribution in [1.29, 1.82) is 0 Å². The van der Waals surface area contributed by atoms with Crippen LogP contribution in [0.1, 0.15) is 51.1 Å². The minimum Gasteiger partial charge on any atom is -0.354 e.